The number of rotatable bonds is 3. The molecular formula is C21H31NO4. The maximum atomic E-state index is 12.6. The van der Waals surface area contributed by atoms with Crippen LogP contribution in [0.25, 0.3) is 0 Å². The summed E-state index contributed by atoms with van der Waals surface area (Å²) in [5.74, 6) is 0.461. The molecule has 4 aliphatic rings. The Hall–Kier alpha value is -1.23. The van der Waals surface area contributed by atoms with Gasteiger partial charge in [-0.1, -0.05) is 13.8 Å². The molecule has 0 heterocycles. The molecule has 0 saturated heterocycles. The highest BCUT2D eigenvalue weighted by Crippen LogP contribution is 2.80. The second-order valence-corrected chi connectivity index (χ2v) is 9.75. The Balaban J connectivity index is 1.76. The van der Waals surface area contributed by atoms with Crippen molar-refractivity contribution in [1.82, 2.24) is 0 Å². The first-order valence-corrected chi connectivity index (χ1v) is 10.0. The molecule has 0 spiro atoms. The van der Waals surface area contributed by atoms with Crippen molar-refractivity contribution in [3.63, 3.8) is 0 Å². The summed E-state index contributed by atoms with van der Waals surface area (Å²) >= 11 is 0. The fourth-order valence-corrected chi connectivity index (χ4v) is 7.51. The summed E-state index contributed by atoms with van der Waals surface area (Å²) in [7, 11) is 1.42. The van der Waals surface area contributed by atoms with Crippen LogP contribution < -0.4 is 0 Å². The average Bonchev–Trinajstić information content (AvgIpc) is 3.27. The first-order valence-electron chi connectivity index (χ1n) is 10.0. The zero-order chi connectivity index (χ0) is 18.9. The highest BCUT2D eigenvalue weighted by molar-refractivity contribution is 5.88. The lowest BCUT2D eigenvalue weighted by Crippen LogP contribution is -2.55. The monoisotopic (exact) mass is 361 g/mol. The van der Waals surface area contributed by atoms with E-state index in [-0.39, 0.29) is 40.0 Å². The molecule has 4 saturated carbocycles. The smallest absolute Gasteiger partial charge is 0.309 e. The number of ether oxygens (including phenoxy) is 1. The maximum Gasteiger partial charge on any atom is 0.309 e. The molecule has 0 aromatic heterocycles. The molecule has 4 fully saturated rings. The Morgan fingerprint density at radius 2 is 2.04 bits per heavy atom. The molecule has 144 valence electrons. The summed E-state index contributed by atoms with van der Waals surface area (Å²) in [5, 5.41) is 18.4. The summed E-state index contributed by atoms with van der Waals surface area (Å²) in [6.45, 7) is 4.30. The van der Waals surface area contributed by atoms with E-state index < -0.39 is 6.10 Å². The predicted octanol–water partition coefficient (Wildman–Crippen LogP) is 2.99. The number of ketones is 1. The Morgan fingerprint density at radius 1 is 1.31 bits per heavy atom. The summed E-state index contributed by atoms with van der Waals surface area (Å²) in [6, 6.07) is 0. The van der Waals surface area contributed by atoms with Crippen LogP contribution in [0.4, 0.5) is 0 Å². The lowest BCUT2D eigenvalue weighted by Gasteiger charge is -2.55. The van der Waals surface area contributed by atoms with Gasteiger partial charge in [0.2, 0.25) is 0 Å². The van der Waals surface area contributed by atoms with Crippen molar-refractivity contribution in [3.8, 4) is 0 Å². The van der Waals surface area contributed by atoms with Crippen LogP contribution in [-0.2, 0) is 14.3 Å². The van der Waals surface area contributed by atoms with Crippen molar-refractivity contribution in [2.24, 2.45) is 39.9 Å². The number of nitrogens with one attached hydrogen (secondary N) is 1. The van der Waals surface area contributed by atoms with Gasteiger partial charge in [-0.05, 0) is 67.4 Å². The van der Waals surface area contributed by atoms with Gasteiger partial charge in [0.05, 0.1) is 19.1 Å². The summed E-state index contributed by atoms with van der Waals surface area (Å²) < 4.78 is 5.12. The minimum atomic E-state index is -0.457. The molecule has 0 radical (unpaired) electrons. The first kappa shape index (κ1) is 18.1. The maximum absolute atomic E-state index is 12.6. The van der Waals surface area contributed by atoms with Gasteiger partial charge in [-0.25, -0.2) is 0 Å². The zero-order valence-corrected chi connectivity index (χ0v) is 16.1. The molecule has 0 aromatic rings. The van der Waals surface area contributed by atoms with Crippen molar-refractivity contribution >= 4 is 18.0 Å². The highest BCUT2D eigenvalue weighted by atomic mass is 16.5. The van der Waals surface area contributed by atoms with Crippen molar-refractivity contribution in [3.05, 3.63) is 0 Å². The van der Waals surface area contributed by atoms with Crippen LogP contribution in [-0.4, -0.2) is 36.3 Å². The van der Waals surface area contributed by atoms with Gasteiger partial charge in [0.15, 0.2) is 0 Å². The van der Waals surface area contributed by atoms with E-state index in [0.717, 1.165) is 25.7 Å². The number of methoxy groups -OCH3 is 1. The molecular weight excluding hydrogens is 330 g/mol. The van der Waals surface area contributed by atoms with Gasteiger partial charge in [0.25, 0.3) is 0 Å². The average molecular weight is 361 g/mol. The number of carbonyl (C=O) groups excluding carboxylic acids is 2. The minimum absolute atomic E-state index is 0.0464. The largest absolute Gasteiger partial charge is 0.469 e. The number of carbonyl (C=O) groups is 2. The molecule has 4 aliphatic carbocycles. The van der Waals surface area contributed by atoms with Gasteiger partial charge in [-0.3, -0.25) is 9.59 Å². The minimum Gasteiger partial charge on any atom is -0.469 e. The Labute approximate surface area is 155 Å². The Morgan fingerprint density at radius 3 is 2.69 bits per heavy atom. The van der Waals surface area contributed by atoms with E-state index in [1.54, 1.807) is 6.21 Å². The van der Waals surface area contributed by atoms with Crippen LogP contribution in [0, 0.1) is 45.3 Å². The van der Waals surface area contributed by atoms with Crippen molar-refractivity contribution in [2.75, 3.05) is 7.11 Å². The summed E-state index contributed by atoms with van der Waals surface area (Å²) in [6.07, 6.45) is 6.45. The number of Topliss-reactive ketones (excluding diaryl/α,β-unsaturated/α-hetero) is 1. The standard InChI is InChI=1S/C21H31NO4/c1-19-9-12-10-21(12,16(11-22)14(19)4-5-17(19)24)20(2)7-6-13(23)8-15(20)18(25)26-3/h11-16,22-23H,4-10H2,1-3H3/t12-,13+,14+,15-,16+,19+,20+,21?/m1/s1. The number of aliphatic hydroxyl groups is 1. The molecule has 0 aromatic carbocycles. The van der Waals surface area contributed by atoms with E-state index >= 15 is 0 Å². The number of hydrogen-bond acceptors (Lipinski definition) is 5. The number of esters is 1. The molecule has 5 nitrogen and oxygen atoms in total. The molecule has 8 atom stereocenters. The highest BCUT2D eigenvalue weighted by Gasteiger charge is 2.76. The van der Waals surface area contributed by atoms with E-state index in [0.29, 0.717) is 31.0 Å². The van der Waals surface area contributed by atoms with E-state index in [9.17, 15) is 14.7 Å². The molecule has 5 heteroatoms. The number of fused-ring (bicyclic) bond motifs is 2. The van der Waals surface area contributed by atoms with Gasteiger partial charge >= 0.3 is 5.97 Å². The van der Waals surface area contributed by atoms with Crippen molar-refractivity contribution in [2.45, 2.75) is 64.9 Å². The normalized spacial score (nSPS) is 52.8. The molecule has 0 aliphatic heterocycles. The third-order valence-corrected chi connectivity index (χ3v) is 8.99. The fourth-order valence-electron chi connectivity index (χ4n) is 7.51. The van der Waals surface area contributed by atoms with Crippen LogP contribution in [0.1, 0.15) is 58.8 Å². The summed E-state index contributed by atoms with van der Waals surface area (Å²) in [5.41, 5.74) is -0.667. The third-order valence-electron chi connectivity index (χ3n) is 8.99. The fraction of sp³-hybridized carbons (Fsp3) is 0.857. The van der Waals surface area contributed by atoms with Crippen molar-refractivity contribution in [1.29, 1.82) is 5.41 Å². The van der Waals surface area contributed by atoms with E-state index in [1.807, 2.05) is 0 Å². The van der Waals surface area contributed by atoms with Crippen LogP contribution in [0.15, 0.2) is 0 Å². The van der Waals surface area contributed by atoms with Gasteiger partial charge in [0.1, 0.15) is 5.78 Å². The molecule has 4 rings (SSSR count). The lowest BCUT2D eigenvalue weighted by molar-refractivity contribution is -0.164. The summed E-state index contributed by atoms with van der Waals surface area (Å²) in [4.78, 5) is 25.2. The molecule has 0 bridgehead atoms. The van der Waals surface area contributed by atoms with Gasteiger partial charge in [-0.2, -0.15) is 0 Å². The molecule has 2 N–H and O–H groups in total. The number of aliphatic hydroxyl groups excluding tert-OH is 1. The Bertz CT molecular complexity index is 662. The first-order chi connectivity index (χ1) is 12.2. The van der Waals surface area contributed by atoms with Gasteiger partial charge < -0.3 is 15.3 Å². The molecule has 1 unspecified atom stereocenters. The van der Waals surface area contributed by atoms with Gasteiger partial charge in [-0.15, -0.1) is 0 Å². The quantitative estimate of drug-likeness (QED) is 0.597. The van der Waals surface area contributed by atoms with Crippen LogP contribution in [0.3, 0.4) is 0 Å². The Kier molecular flexibility index (Phi) is 3.93. The van der Waals surface area contributed by atoms with Crippen LogP contribution in [0.2, 0.25) is 0 Å². The van der Waals surface area contributed by atoms with Crippen LogP contribution >= 0.6 is 0 Å². The zero-order valence-electron chi connectivity index (χ0n) is 16.1. The SMILES string of the molecule is COC(=O)[C@H]1C[C@@H](O)CC[C@]1(C)C12C[C@H]1C[C@]1(C)C(=O)CC[C@H]1[C@@H]2C=N. The van der Waals surface area contributed by atoms with Gasteiger partial charge in [0, 0.05) is 17.8 Å². The van der Waals surface area contributed by atoms with Crippen molar-refractivity contribution < 1.29 is 19.4 Å². The van der Waals surface area contributed by atoms with Crippen LogP contribution in [0.5, 0.6) is 0 Å². The lowest BCUT2D eigenvalue weighted by atomic mass is 9.48. The van der Waals surface area contributed by atoms with E-state index in [4.69, 9.17) is 10.1 Å². The number of hydrogen-bond donors (Lipinski definition) is 2. The molecule has 26 heavy (non-hydrogen) atoms. The second-order valence-electron chi connectivity index (χ2n) is 9.75. The second kappa shape index (κ2) is 5.63. The van der Waals surface area contributed by atoms with E-state index in [2.05, 4.69) is 13.8 Å². The third kappa shape index (κ3) is 2.04. The molecule has 0 amide bonds. The predicted molar refractivity (Wildman–Crippen MR) is 96.7 cm³/mol. The topological polar surface area (TPSA) is 87.5 Å². The van der Waals surface area contributed by atoms with E-state index in [1.165, 1.54) is 7.11 Å².